The minimum Gasteiger partial charge on any atom is -0.508 e. The van der Waals surface area contributed by atoms with Crippen LogP contribution in [0.15, 0.2) is 89.9 Å². The second-order valence-corrected chi connectivity index (χ2v) is 16.9. The Kier molecular flexibility index (Phi) is 11.0. The lowest BCUT2D eigenvalue weighted by atomic mass is 9.95. The SMILES string of the molecule is CCOc1cc(N2CCC(C(=O)NCc3ccc(-n4c(-c5cc(C)c(O)cc5O)n[nH]c4=O)cc3)CC2)ccc1Nc1ncc2c(n1)N(S(C)(=O)=O)c1ccccc1C(=O)N2C. The summed E-state index contributed by atoms with van der Waals surface area (Å²) in [6.07, 6.45) is 3.73. The molecule has 8 rings (SSSR count). The number of carbonyl (C=O) groups excluding carboxylic acids is 2. The van der Waals surface area contributed by atoms with Crippen molar-refractivity contribution in [2.75, 3.05) is 52.4 Å². The number of nitrogens with one attached hydrogen (secondary N) is 3. The van der Waals surface area contributed by atoms with Crippen molar-refractivity contribution in [3.8, 4) is 34.3 Å². The number of rotatable bonds is 11. The molecule has 18 nitrogen and oxygen atoms in total. The molecule has 5 N–H and O–H groups in total. The van der Waals surface area contributed by atoms with Crippen molar-refractivity contribution in [2.45, 2.75) is 33.2 Å². The highest BCUT2D eigenvalue weighted by molar-refractivity contribution is 7.92. The molecular formula is C43H44N10O8S. The first kappa shape index (κ1) is 41.3. The summed E-state index contributed by atoms with van der Waals surface area (Å²) >= 11 is 0. The average Bonchev–Trinajstić information content (AvgIpc) is 3.61. The molecule has 2 amide bonds. The number of aromatic nitrogens is 5. The van der Waals surface area contributed by atoms with Crippen molar-refractivity contribution in [2.24, 2.45) is 5.92 Å². The summed E-state index contributed by atoms with van der Waals surface area (Å²) in [5, 5.41) is 33.2. The maximum absolute atomic E-state index is 13.3. The number of para-hydroxylation sites is 1. The van der Waals surface area contributed by atoms with Gasteiger partial charge >= 0.3 is 5.69 Å². The molecular weight excluding hydrogens is 817 g/mol. The van der Waals surface area contributed by atoms with Gasteiger partial charge in [-0.3, -0.25) is 9.59 Å². The quantitative estimate of drug-likeness (QED) is 0.114. The Bertz CT molecular complexity index is 2870. The van der Waals surface area contributed by atoms with Gasteiger partial charge in [-0.25, -0.2) is 32.2 Å². The van der Waals surface area contributed by atoms with Crippen LogP contribution in [0.5, 0.6) is 17.2 Å². The van der Waals surface area contributed by atoms with E-state index in [9.17, 15) is 33.0 Å². The highest BCUT2D eigenvalue weighted by atomic mass is 32.2. The summed E-state index contributed by atoms with van der Waals surface area (Å²) < 4.78 is 34.8. The minimum absolute atomic E-state index is 0.0208. The van der Waals surface area contributed by atoms with Crippen LogP contribution in [0.2, 0.25) is 0 Å². The van der Waals surface area contributed by atoms with Crippen LogP contribution in [0.1, 0.15) is 41.3 Å². The maximum atomic E-state index is 13.3. The molecule has 6 aromatic rings. The van der Waals surface area contributed by atoms with Gasteiger partial charge in [0.05, 0.1) is 47.2 Å². The number of fused-ring (bicyclic) bond motifs is 2. The minimum atomic E-state index is -3.94. The molecule has 0 bridgehead atoms. The molecule has 320 valence electrons. The number of sulfonamides is 1. The van der Waals surface area contributed by atoms with Gasteiger partial charge in [-0.2, -0.15) is 10.1 Å². The van der Waals surface area contributed by atoms with Crippen LogP contribution < -0.4 is 35.2 Å². The summed E-state index contributed by atoms with van der Waals surface area (Å²) in [6, 6.07) is 22.0. The Morgan fingerprint density at radius 1 is 0.935 bits per heavy atom. The van der Waals surface area contributed by atoms with E-state index in [2.05, 4.69) is 35.7 Å². The van der Waals surface area contributed by atoms with Crippen LogP contribution >= 0.6 is 0 Å². The fourth-order valence-corrected chi connectivity index (χ4v) is 8.63. The van der Waals surface area contributed by atoms with Crippen molar-refractivity contribution < 1.29 is 33.0 Å². The summed E-state index contributed by atoms with van der Waals surface area (Å²) in [4.78, 5) is 51.9. The first-order valence-electron chi connectivity index (χ1n) is 19.8. The van der Waals surface area contributed by atoms with Gasteiger partial charge in [-0.05, 0) is 80.3 Å². The molecule has 0 atom stereocenters. The first-order chi connectivity index (χ1) is 29.7. The van der Waals surface area contributed by atoms with E-state index in [1.807, 2.05) is 25.1 Å². The summed E-state index contributed by atoms with van der Waals surface area (Å²) in [6.45, 7) is 5.46. The number of piperidine rings is 1. The third-order valence-electron chi connectivity index (χ3n) is 10.9. The Morgan fingerprint density at radius 2 is 1.66 bits per heavy atom. The number of phenolic OH excluding ortho intramolecular Hbond substituents is 2. The molecule has 1 fully saturated rings. The van der Waals surface area contributed by atoms with Crippen molar-refractivity contribution in [1.82, 2.24) is 30.0 Å². The number of aromatic hydroxyl groups is 2. The Labute approximate surface area is 356 Å². The third-order valence-corrected chi connectivity index (χ3v) is 12.0. The van der Waals surface area contributed by atoms with Crippen molar-refractivity contribution in [3.05, 3.63) is 112 Å². The third kappa shape index (κ3) is 7.96. The van der Waals surface area contributed by atoms with Crippen LogP contribution in [0.4, 0.5) is 34.5 Å². The molecule has 0 unspecified atom stereocenters. The smallest absolute Gasteiger partial charge is 0.348 e. The van der Waals surface area contributed by atoms with Crippen molar-refractivity contribution >= 4 is 56.4 Å². The zero-order chi connectivity index (χ0) is 43.9. The second-order valence-electron chi connectivity index (χ2n) is 15.0. The molecule has 4 heterocycles. The van der Waals surface area contributed by atoms with Gasteiger partial charge in [0.15, 0.2) is 11.6 Å². The van der Waals surface area contributed by atoms with Gasteiger partial charge in [0.2, 0.25) is 21.9 Å². The van der Waals surface area contributed by atoms with Crippen LogP contribution in [0.25, 0.3) is 17.1 Å². The van der Waals surface area contributed by atoms with E-state index >= 15 is 0 Å². The lowest BCUT2D eigenvalue weighted by Gasteiger charge is -2.33. The predicted molar refractivity (Wildman–Crippen MR) is 234 cm³/mol. The number of hydrogen-bond acceptors (Lipinski definition) is 13. The van der Waals surface area contributed by atoms with E-state index < -0.39 is 21.6 Å². The summed E-state index contributed by atoms with van der Waals surface area (Å²) in [5.74, 6) is -0.109. The molecule has 0 spiro atoms. The number of phenols is 2. The topological polar surface area (TPSA) is 228 Å². The lowest BCUT2D eigenvalue weighted by molar-refractivity contribution is -0.125. The number of aromatic amines is 1. The second kappa shape index (κ2) is 16.6. The molecule has 0 radical (unpaired) electrons. The number of nitrogens with zero attached hydrogens (tertiary/aromatic N) is 7. The van der Waals surface area contributed by atoms with Gasteiger partial charge < -0.3 is 35.4 Å². The van der Waals surface area contributed by atoms with Gasteiger partial charge in [-0.1, -0.05) is 24.3 Å². The fourth-order valence-electron chi connectivity index (χ4n) is 7.67. The number of carbonyl (C=O) groups is 2. The highest BCUT2D eigenvalue weighted by Crippen LogP contribution is 2.42. The first-order valence-corrected chi connectivity index (χ1v) is 21.7. The lowest BCUT2D eigenvalue weighted by Crippen LogP contribution is -2.40. The zero-order valence-corrected chi connectivity index (χ0v) is 35.1. The van der Waals surface area contributed by atoms with E-state index in [4.69, 9.17) is 4.74 Å². The van der Waals surface area contributed by atoms with Crippen molar-refractivity contribution in [1.29, 1.82) is 0 Å². The highest BCUT2D eigenvalue weighted by Gasteiger charge is 2.35. The number of H-pyrrole nitrogens is 1. The molecule has 62 heavy (non-hydrogen) atoms. The average molecular weight is 861 g/mol. The van der Waals surface area contributed by atoms with Gasteiger partial charge in [0, 0.05) is 50.4 Å². The van der Waals surface area contributed by atoms with Gasteiger partial charge in [0.25, 0.3) is 5.91 Å². The van der Waals surface area contributed by atoms with E-state index in [-0.39, 0.29) is 63.4 Å². The number of ether oxygens (including phenoxy) is 1. The molecule has 4 aromatic carbocycles. The number of aryl methyl sites for hydroxylation is 1. The Morgan fingerprint density at radius 3 is 2.39 bits per heavy atom. The molecule has 1 saturated heterocycles. The van der Waals surface area contributed by atoms with E-state index in [0.717, 1.165) is 21.8 Å². The molecule has 2 aliphatic rings. The molecule has 19 heteroatoms. The maximum Gasteiger partial charge on any atom is 0.348 e. The Balaban J connectivity index is 0.912. The van der Waals surface area contributed by atoms with E-state index in [0.29, 0.717) is 61.8 Å². The van der Waals surface area contributed by atoms with Crippen LogP contribution in [0.3, 0.4) is 0 Å². The van der Waals surface area contributed by atoms with Crippen molar-refractivity contribution in [3.63, 3.8) is 0 Å². The molecule has 0 saturated carbocycles. The predicted octanol–water partition coefficient (Wildman–Crippen LogP) is 5.10. The van der Waals surface area contributed by atoms with E-state index in [1.165, 1.54) is 21.7 Å². The van der Waals surface area contributed by atoms with Crippen LogP contribution in [-0.2, 0) is 21.4 Å². The summed E-state index contributed by atoms with van der Waals surface area (Å²) in [7, 11) is -2.39. The van der Waals surface area contributed by atoms with Gasteiger partial charge in [0.1, 0.15) is 22.9 Å². The number of anilines is 6. The summed E-state index contributed by atoms with van der Waals surface area (Å²) in [5.41, 5.74) is 3.69. The normalized spacial score (nSPS) is 14.3. The largest absolute Gasteiger partial charge is 0.508 e. The molecule has 2 aromatic heterocycles. The fraction of sp³-hybridized carbons (Fsp3) is 0.256. The number of hydrogen-bond donors (Lipinski definition) is 5. The molecule has 0 aliphatic carbocycles. The van der Waals surface area contributed by atoms with Crippen LogP contribution in [0, 0.1) is 12.8 Å². The number of amides is 2. The van der Waals surface area contributed by atoms with Crippen LogP contribution in [-0.4, -0.2) is 88.2 Å². The zero-order valence-electron chi connectivity index (χ0n) is 34.3. The Hall–Kier alpha value is -7.41. The number of benzene rings is 4. The van der Waals surface area contributed by atoms with E-state index in [1.54, 1.807) is 68.6 Å². The monoisotopic (exact) mass is 860 g/mol. The van der Waals surface area contributed by atoms with Gasteiger partial charge in [-0.15, -0.1) is 0 Å². The standard InChI is InChI=1S/C43H44N10O8S/c1-5-61-37-21-29(14-15-32(37)46-42-45-24-34-39(47-42)53(62(4,59)60)33-9-7-6-8-30(33)41(57)50(34)3)51-18-16-27(17-19-51)40(56)44-23-26-10-12-28(13-11-26)52-38(48-49-43(52)58)31-20-25(2)35(54)22-36(31)55/h6-15,20-22,24,27,54-55H,5,16-19,23H2,1-4H3,(H,44,56)(H,49,58)(H,45,46,47). The molecule has 2 aliphatic heterocycles.